The highest BCUT2D eigenvalue weighted by molar-refractivity contribution is 5.19. The van der Waals surface area contributed by atoms with Crippen molar-refractivity contribution in [3.05, 3.63) is 35.9 Å². The van der Waals surface area contributed by atoms with Gasteiger partial charge in [-0.3, -0.25) is 4.90 Å². The lowest BCUT2D eigenvalue weighted by molar-refractivity contribution is 0.115. The Morgan fingerprint density at radius 1 is 0.950 bits per heavy atom. The molecular weight excluding hydrogens is 246 g/mol. The van der Waals surface area contributed by atoms with Crippen LogP contribution in [0, 0.1) is 5.92 Å². The van der Waals surface area contributed by atoms with Crippen LogP contribution in [-0.4, -0.2) is 56.1 Å². The maximum absolute atomic E-state index is 3.45. The molecule has 1 atom stereocenters. The smallest absolute Gasteiger partial charge is 0.0446 e. The van der Waals surface area contributed by atoms with Gasteiger partial charge in [-0.25, -0.2) is 0 Å². The van der Waals surface area contributed by atoms with Gasteiger partial charge in [0.05, 0.1) is 0 Å². The van der Waals surface area contributed by atoms with Gasteiger partial charge in [0.15, 0.2) is 0 Å². The third-order valence-electron chi connectivity index (χ3n) is 4.08. The number of nitrogens with zero attached hydrogens (tertiary/aromatic N) is 2. The fourth-order valence-corrected chi connectivity index (χ4v) is 2.98. The molecule has 0 spiro atoms. The van der Waals surface area contributed by atoms with E-state index in [-0.39, 0.29) is 0 Å². The lowest BCUT2D eigenvalue weighted by Gasteiger charge is -2.37. The minimum Gasteiger partial charge on any atom is -0.312 e. The molecule has 1 unspecified atom stereocenters. The van der Waals surface area contributed by atoms with E-state index in [0.717, 1.165) is 12.5 Å². The summed E-state index contributed by atoms with van der Waals surface area (Å²) in [5.74, 6) is 0.774. The second-order valence-electron chi connectivity index (χ2n) is 6.25. The highest BCUT2D eigenvalue weighted by atomic mass is 15.3. The van der Waals surface area contributed by atoms with Crippen molar-refractivity contribution in [2.24, 2.45) is 5.92 Å². The summed E-state index contributed by atoms with van der Waals surface area (Å²) >= 11 is 0. The molecule has 1 aliphatic rings. The maximum atomic E-state index is 3.45. The molecule has 1 heterocycles. The zero-order valence-corrected chi connectivity index (χ0v) is 13.2. The molecule has 20 heavy (non-hydrogen) atoms. The topological polar surface area (TPSA) is 18.5 Å². The van der Waals surface area contributed by atoms with Gasteiger partial charge in [0.2, 0.25) is 0 Å². The first-order valence-corrected chi connectivity index (χ1v) is 7.86. The monoisotopic (exact) mass is 275 g/mol. The van der Waals surface area contributed by atoms with Crippen molar-refractivity contribution in [1.82, 2.24) is 15.1 Å². The van der Waals surface area contributed by atoms with Crippen LogP contribution in [0.15, 0.2) is 30.3 Å². The summed E-state index contributed by atoms with van der Waals surface area (Å²) in [6, 6.07) is 11.2. The average Bonchev–Trinajstić information content (AvgIpc) is 2.47. The Morgan fingerprint density at radius 2 is 1.50 bits per heavy atom. The van der Waals surface area contributed by atoms with E-state index in [2.05, 4.69) is 66.3 Å². The van der Waals surface area contributed by atoms with Crippen molar-refractivity contribution < 1.29 is 0 Å². The number of piperazine rings is 1. The van der Waals surface area contributed by atoms with Crippen LogP contribution in [0.3, 0.4) is 0 Å². The number of likely N-dealkylation sites (N-methyl/N-ethyl adjacent to an activating group) is 1. The Kier molecular flexibility index (Phi) is 6.02. The Labute approximate surface area is 124 Å². The highest BCUT2D eigenvalue weighted by Crippen LogP contribution is 2.15. The lowest BCUT2D eigenvalue weighted by Crippen LogP contribution is -2.49. The van der Waals surface area contributed by atoms with Crippen molar-refractivity contribution in [2.45, 2.75) is 19.9 Å². The number of hydrogen-bond acceptors (Lipinski definition) is 3. The van der Waals surface area contributed by atoms with Gasteiger partial charge in [-0.05, 0) is 18.5 Å². The van der Waals surface area contributed by atoms with Gasteiger partial charge in [-0.2, -0.15) is 0 Å². The normalized spacial score (nSPS) is 19.4. The highest BCUT2D eigenvalue weighted by Gasteiger charge is 2.20. The van der Waals surface area contributed by atoms with Crippen LogP contribution in [0.25, 0.3) is 0 Å². The summed E-state index contributed by atoms with van der Waals surface area (Å²) in [6.07, 6.45) is 0. The molecule has 1 aromatic carbocycles. The zero-order valence-electron chi connectivity index (χ0n) is 13.2. The van der Waals surface area contributed by atoms with E-state index >= 15 is 0 Å². The molecule has 0 saturated carbocycles. The van der Waals surface area contributed by atoms with Gasteiger partial charge in [-0.1, -0.05) is 44.2 Å². The first kappa shape index (κ1) is 15.5. The molecule has 0 aromatic heterocycles. The fraction of sp³-hybridized carbons (Fsp3) is 0.647. The lowest BCUT2D eigenvalue weighted by atomic mass is 10.1. The SMILES string of the molecule is CNC(CN1CCN(CC(C)C)CC1)c1ccccc1. The minimum atomic E-state index is 0.438. The molecule has 1 aromatic rings. The van der Waals surface area contributed by atoms with Crippen LogP contribution in [0.2, 0.25) is 0 Å². The second-order valence-corrected chi connectivity index (χ2v) is 6.25. The maximum Gasteiger partial charge on any atom is 0.0446 e. The zero-order chi connectivity index (χ0) is 14.4. The van der Waals surface area contributed by atoms with Crippen LogP contribution in [-0.2, 0) is 0 Å². The molecular formula is C17H29N3. The van der Waals surface area contributed by atoms with E-state index in [9.17, 15) is 0 Å². The summed E-state index contributed by atoms with van der Waals surface area (Å²) in [4.78, 5) is 5.18. The summed E-state index contributed by atoms with van der Waals surface area (Å²) in [7, 11) is 2.06. The van der Waals surface area contributed by atoms with E-state index in [1.165, 1.54) is 38.3 Å². The number of nitrogens with one attached hydrogen (secondary N) is 1. The van der Waals surface area contributed by atoms with Gasteiger partial charge in [0.1, 0.15) is 0 Å². The first-order valence-electron chi connectivity index (χ1n) is 7.86. The minimum absolute atomic E-state index is 0.438. The summed E-state index contributed by atoms with van der Waals surface area (Å²) in [5.41, 5.74) is 1.39. The quantitative estimate of drug-likeness (QED) is 0.859. The van der Waals surface area contributed by atoms with Crippen LogP contribution in [0.4, 0.5) is 0 Å². The van der Waals surface area contributed by atoms with Gasteiger partial charge >= 0.3 is 0 Å². The molecule has 0 aliphatic carbocycles. The molecule has 1 fully saturated rings. The van der Waals surface area contributed by atoms with E-state index < -0.39 is 0 Å². The van der Waals surface area contributed by atoms with Crippen molar-refractivity contribution in [3.8, 4) is 0 Å². The molecule has 0 radical (unpaired) electrons. The molecule has 3 heteroatoms. The predicted molar refractivity (Wildman–Crippen MR) is 86.0 cm³/mol. The third kappa shape index (κ3) is 4.58. The van der Waals surface area contributed by atoms with Crippen LogP contribution in [0.5, 0.6) is 0 Å². The average molecular weight is 275 g/mol. The second kappa shape index (κ2) is 7.77. The summed E-state index contributed by atoms with van der Waals surface area (Å²) in [5, 5.41) is 3.45. The Morgan fingerprint density at radius 3 is 2.00 bits per heavy atom. The van der Waals surface area contributed by atoms with Gasteiger partial charge in [0.25, 0.3) is 0 Å². The number of hydrogen-bond donors (Lipinski definition) is 1. The van der Waals surface area contributed by atoms with Crippen LogP contribution in [0.1, 0.15) is 25.5 Å². The van der Waals surface area contributed by atoms with Gasteiger partial charge in [-0.15, -0.1) is 0 Å². The third-order valence-corrected chi connectivity index (χ3v) is 4.08. The van der Waals surface area contributed by atoms with Crippen molar-refractivity contribution in [3.63, 3.8) is 0 Å². The van der Waals surface area contributed by atoms with Crippen LogP contribution >= 0.6 is 0 Å². The molecule has 1 N–H and O–H groups in total. The van der Waals surface area contributed by atoms with Gasteiger partial charge in [0, 0.05) is 45.3 Å². The fourth-order valence-electron chi connectivity index (χ4n) is 2.98. The Hall–Kier alpha value is -0.900. The molecule has 1 aliphatic heterocycles. The molecule has 1 saturated heterocycles. The standard InChI is InChI=1S/C17H29N3/c1-15(2)13-19-9-11-20(12-10-19)14-17(18-3)16-7-5-4-6-8-16/h4-8,15,17-18H,9-14H2,1-3H3. The number of rotatable bonds is 6. The molecule has 0 bridgehead atoms. The first-order chi connectivity index (χ1) is 9.69. The van der Waals surface area contributed by atoms with Crippen LogP contribution < -0.4 is 5.32 Å². The van der Waals surface area contributed by atoms with E-state index in [0.29, 0.717) is 6.04 Å². The van der Waals surface area contributed by atoms with E-state index in [1.54, 1.807) is 0 Å². The summed E-state index contributed by atoms with van der Waals surface area (Å²) in [6.45, 7) is 11.8. The Bertz CT molecular complexity index is 369. The molecule has 112 valence electrons. The molecule has 2 rings (SSSR count). The van der Waals surface area contributed by atoms with Crippen molar-refractivity contribution >= 4 is 0 Å². The van der Waals surface area contributed by atoms with E-state index in [4.69, 9.17) is 0 Å². The van der Waals surface area contributed by atoms with Crippen molar-refractivity contribution in [2.75, 3.05) is 46.3 Å². The van der Waals surface area contributed by atoms with Crippen molar-refractivity contribution in [1.29, 1.82) is 0 Å². The molecule has 3 nitrogen and oxygen atoms in total. The summed E-state index contributed by atoms with van der Waals surface area (Å²) < 4.78 is 0. The van der Waals surface area contributed by atoms with E-state index in [1.807, 2.05) is 0 Å². The largest absolute Gasteiger partial charge is 0.312 e. The van der Waals surface area contributed by atoms with Gasteiger partial charge < -0.3 is 10.2 Å². The Balaban J connectivity index is 1.82. The molecule has 0 amide bonds. The predicted octanol–water partition coefficient (Wildman–Crippen LogP) is 2.22. The number of benzene rings is 1.